The number of hydrogen-bond acceptors (Lipinski definition) is 7. The first-order valence-corrected chi connectivity index (χ1v) is 14.2. The van der Waals surface area contributed by atoms with Crippen LogP contribution in [0.5, 0.6) is 5.75 Å². The number of methoxy groups -OCH3 is 1. The van der Waals surface area contributed by atoms with Crippen LogP contribution in [0.3, 0.4) is 0 Å². The van der Waals surface area contributed by atoms with Crippen molar-refractivity contribution < 1.29 is 9.53 Å². The van der Waals surface area contributed by atoms with Crippen molar-refractivity contribution in [2.75, 3.05) is 43.5 Å². The Hall–Kier alpha value is -3.49. The van der Waals surface area contributed by atoms with Crippen molar-refractivity contribution >= 4 is 39.0 Å². The second kappa shape index (κ2) is 10.7. The van der Waals surface area contributed by atoms with E-state index in [1.807, 2.05) is 35.6 Å². The van der Waals surface area contributed by atoms with Crippen molar-refractivity contribution in [3.8, 4) is 5.75 Å². The molecule has 1 aliphatic heterocycles. The highest BCUT2D eigenvalue weighted by Crippen LogP contribution is 2.39. The van der Waals surface area contributed by atoms with Gasteiger partial charge in [0.05, 0.1) is 12.5 Å². The summed E-state index contributed by atoms with van der Waals surface area (Å²) in [5.74, 6) is 1.80. The maximum absolute atomic E-state index is 13.7. The van der Waals surface area contributed by atoms with Gasteiger partial charge < -0.3 is 15.0 Å². The third-order valence-corrected chi connectivity index (χ3v) is 8.91. The maximum Gasteiger partial charge on any atom is 0.246 e. The van der Waals surface area contributed by atoms with Gasteiger partial charge in [0.2, 0.25) is 5.91 Å². The monoisotopic (exact) mass is 527 g/mol. The highest BCUT2D eigenvalue weighted by molar-refractivity contribution is 7.19. The normalized spacial score (nSPS) is 16.7. The molecule has 0 saturated carbocycles. The van der Waals surface area contributed by atoms with Gasteiger partial charge in [0, 0.05) is 36.7 Å². The lowest BCUT2D eigenvalue weighted by molar-refractivity contribution is -0.121. The minimum absolute atomic E-state index is 0.0243. The molecule has 2 aliphatic rings. The minimum atomic E-state index is -0.376. The average molecular weight is 528 g/mol. The van der Waals surface area contributed by atoms with E-state index in [9.17, 15) is 4.79 Å². The molecule has 0 spiro atoms. The molecule has 1 unspecified atom stereocenters. The van der Waals surface area contributed by atoms with E-state index in [0.29, 0.717) is 0 Å². The Morgan fingerprint density at radius 2 is 1.71 bits per heavy atom. The smallest absolute Gasteiger partial charge is 0.246 e. The number of anilines is 2. The van der Waals surface area contributed by atoms with Crippen LogP contribution in [0.15, 0.2) is 54.9 Å². The number of rotatable bonds is 6. The lowest BCUT2D eigenvalue weighted by Crippen LogP contribution is -2.50. The average Bonchev–Trinajstić information content (AvgIpc) is 3.34. The summed E-state index contributed by atoms with van der Waals surface area (Å²) in [5.41, 5.74) is 4.41. The quantitative estimate of drug-likeness (QED) is 0.363. The van der Waals surface area contributed by atoms with Gasteiger partial charge in [-0.3, -0.25) is 9.69 Å². The van der Waals surface area contributed by atoms with Crippen LogP contribution in [0, 0.1) is 6.92 Å². The Balaban J connectivity index is 1.23. The van der Waals surface area contributed by atoms with Crippen LogP contribution < -0.4 is 15.0 Å². The highest BCUT2D eigenvalue weighted by atomic mass is 32.1. The van der Waals surface area contributed by atoms with Crippen molar-refractivity contribution in [1.29, 1.82) is 0 Å². The lowest BCUT2D eigenvalue weighted by atomic mass is 9.97. The van der Waals surface area contributed by atoms with Gasteiger partial charge in [-0.25, -0.2) is 9.97 Å². The van der Waals surface area contributed by atoms with Gasteiger partial charge in [0.15, 0.2) is 0 Å². The zero-order chi connectivity index (χ0) is 26.1. The number of aromatic nitrogens is 2. The summed E-state index contributed by atoms with van der Waals surface area (Å²) >= 11 is 1.84. The van der Waals surface area contributed by atoms with E-state index in [0.717, 1.165) is 66.7 Å². The Bertz CT molecular complexity index is 1430. The Kier molecular flexibility index (Phi) is 7.00. The second-order valence-electron chi connectivity index (χ2n) is 10.1. The van der Waals surface area contributed by atoms with Crippen LogP contribution in [0.4, 0.5) is 11.5 Å². The third kappa shape index (κ3) is 4.86. The molecular weight excluding hydrogens is 494 g/mol. The number of piperazine rings is 1. The fourth-order valence-corrected chi connectivity index (χ4v) is 6.89. The van der Waals surface area contributed by atoms with Gasteiger partial charge in [-0.05, 0) is 68.0 Å². The maximum atomic E-state index is 13.7. The molecule has 1 aliphatic carbocycles. The van der Waals surface area contributed by atoms with Gasteiger partial charge in [-0.1, -0.05) is 29.8 Å². The van der Waals surface area contributed by atoms with Crippen molar-refractivity contribution in [3.63, 3.8) is 0 Å². The standard InChI is InChI=1S/C30H33N5O2S/c1-20-7-9-21(10-8-20)27(29(36)33-22-11-13-23(37-2)14-12-22)34-15-17-35(18-16-34)28-26-24-5-3-4-6-25(24)38-30(26)32-19-31-28/h7-14,19,27H,3-6,15-18H2,1-2H3,(H,33,36). The summed E-state index contributed by atoms with van der Waals surface area (Å²) in [7, 11) is 1.64. The first kappa shape index (κ1) is 24.8. The number of hydrogen-bond donors (Lipinski definition) is 1. The second-order valence-corrected chi connectivity index (χ2v) is 11.2. The number of nitrogens with one attached hydrogen (secondary N) is 1. The molecule has 2 aromatic carbocycles. The van der Waals surface area contributed by atoms with Gasteiger partial charge >= 0.3 is 0 Å². The van der Waals surface area contributed by atoms with E-state index in [1.165, 1.54) is 34.2 Å². The fourth-order valence-electron chi connectivity index (χ4n) is 5.67. The molecular formula is C30H33N5O2S. The molecule has 7 nitrogen and oxygen atoms in total. The zero-order valence-electron chi connectivity index (χ0n) is 21.9. The summed E-state index contributed by atoms with van der Waals surface area (Å²) < 4.78 is 5.26. The van der Waals surface area contributed by atoms with Gasteiger partial charge in [-0.2, -0.15) is 0 Å². The van der Waals surface area contributed by atoms with Crippen molar-refractivity contribution in [3.05, 3.63) is 76.4 Å². The summed E-state index contributed by atoms with van der Waals surface area (Å²) in [5, 5.41) is 4.39. The Labute approximate surface area is 227 Å². The van der Waals surface area contributed by atoms with Gasteiger partial charge in [-0.15, -0.1) is 11.3 Å². The molecule has 6 rings (SSSR count). The van der Waals surface area contributed by atoms with Crippen LogP contribution in [-0.4, -0.2) is 54.1 Å². The number of carbonyl (C=O) groups is 1. The number of amides is 1. The predicted octanol–water partition coefficient (Wildman–Crippen LogP) is 5.39. The summed E-state index contributed by atoms with van der Waals surface area (Å²) in [4.78, 5) is 30.3. The highest BCUT2D eigenvalue weighted by Gasteiger charge is 2.32. The molecule has 1 saturated heterocycles. The molecule has 0 radical (unpaired) electrons. The van der Waals surface area contributed by atoms with Crippen molar-refractivity contribution in [2.24, 2.45) is 0 Å². The molecule has 38 heavy (non-hydrogen) atoms. The van der Waals surface area contributed by atoms with E-state index in [2.05, 4.69) is 51.3 Å². The van der Waals surface area contributed by atoms with E-state index in [1.54, 1.807) is 13.4 Å². The first-order chi connectivity index (χ1) is 18.6. The number of thiophene rings is 1. The summed E-state index contributed by atoms with van der Waals surface area (Å²) in [6.07, 6.45) is 6.49. The fraction of sp³-hybridized carbons (Fsp3) is 0.367. The van der Waals surface area contributed by atoms with Crippen molar-refractivity contribution in [1.82, 2.24) is 14.9 Å². The largest absolute Gasteiger partial charge is 0.497 e. The minimum Gasteiger partial charge on any atom is -0.497 e. The number of fused-ring (bicyclic) bond motifs is 3. The molecule has 196 valence electrons. The number of ether oxygens (including phenoxy) is 1. The zero-order valence-corrected chi connectivity index (χ0v) is 22.8. The SMILES string of the molecule is COc1ccc(NC(=O)C(c2ccc(C)cc2)N2CCN(c3ncnc4sc5c(c34)CCCC5)CC2)cc1. The third-order valence-electron chi connectivity index (χ3n) is 7.71. The molecule has 8 heteroatoms. The van der Waals surface area contributed by atoms with Crippen molar-refractivity contribution in [2.45, 2.75) is 38.6 Å². The van der Waals surface area contributed by atoms with E-state index < -0.39 is 0 Å². The van der Waals surface area contributed by atoms with Crippen LogP contribution >= 0.6 is 11.3 Å². The molecule has 1 N–H and O–H groups in total. The molecule has 0 bridgehead atoms. The van der Waals surface area contributed by atoms with Gasteiger partial charge in [0.25, 0.3) is 0 Å². The van der Waals surface area contributed by atoms with Crippen LogP contribution in [-0.2, 0) is 17.6 Å². The van der Waals surface area contributed by atoms with Crippen LogP contribution in [0.25, 0.3) is 10.2 Å². The predicted molar refractivity (Wildman–Crippen MR) is 153 cm³/mol. The molecule has 1 amide bonds. The first-order valence-electron chi connectivity index (χ1n) is 13.4. The van der Waals surface area contributed by atoms with Crippen LogP contribution in [0.2, 0.25) is 0 Å². The molecule has 2 aromatic heterocycles. The van der Waals surface area contributed by atoms with Gasteiger partial charge in [0.1, 0.15) is 28.8 Å². The molecule has 1 atom stereocenters. The lowest BCUT2D eigenvalue weighted by Gasteiger charge is -2.39. The van der Waals surface area contributed by atoms with E-state index in [4.69, 9.17) is 9.72 Å². The Morgan fingerprint density at radius 1 is 0.974 bits per heavy atom. The molecule has 4 aromatic rings. The van der Waals surface area contributed by atoms with E-state index >= 15 is 0 Å². The van der Waals surface area contributed by atoms with E-state index in [-0.39, 0.29) is 11.9 Å². The molecule has 3 heterocycles. The summed E-state index contributed by atoms with van der Waals surface area (Å²) in [6.45, 7) is 5.24. The number of aryl methyl sites for hydroxylation is 3. The number of nitrogens with zero attached hydrogens (tertiary/aromatic N) is 4. The number of benzene rings is 2. The molecule has 1 fully saturated rings. The van der Waals surface area contributed by atoms with Crippen LogP contribution in [0.1, 0.15) is 40.5 Å². The summed E-state index contributed by atoms with van der Waals surface area (Å²) in [6, 6.07) is 15.4. The number of carbonyl (C=O) groups excluding carboxylic acids is 1. The Morgan fingerprint density at radius 3 is 2.45 bits per heavy atom. The topological polar surface area (TPSA) is 70.6 Å².